The fraction of sp³-hybridized carbons (Fsp3) is 0.294. The monoisotopic (exact) mass is 566 g/mol. The van der Waals surface area contributed by atoms with Crippen LogP contribution in [0.1, 0.15) is 48.6 Å². The SMILES string of the molecule is CC(C)(C)c1cc2ccc3c4cc(c5ccc(c1)c2c35)CNC(=O)CSCc1cccc(c1)CSCC(=O)NC4. The second kappa shape index (κ2) is 11.0. The van der Waals surface area contributed by atoms with Crippen LogP contribution in [-0.2, 0) is 39.6 Å². The number of benzene rings is 5. The molecule has 1 aliphatic heterocycles. The summed E-state index contributed by atoms with van der Waals surface area (Å²) in [6, 6.07) is 24.0. The topological polar surface area (TPSA) is 58.2 Å². The Morgan fingerprint density at radius 2 is 1.15 bits per heavy atom. The van der Waals surface area contributed by atoms with Gasteiger partial charge in [-0.3, -0.25) is 9.59 Å². The Morgan fingerprint density at radius 1 is 0.625 bits per heavy atom. The third-order valence-electron chi connectivity index (χ3n) is 7.70. The Balaban J connectivity index is 1.41. The van der Waals surface area contributed by atoms with Crippen molar-refractivity contribution in [3.05, 3.63) is 94.5 Å². The molecule has 204 valence electrons. The molecule has 0 saturated heterocycles. The van der Waals surface area contributed by atoms with Crippen LogP contribution in [-0.4, -0.2) is 23.3 Å². The van der Waals surface area contributed by atoms with E-state index in [1.54, 1.807) is 23.5 Å². The largest absolute Gasteiger partial charge is 0.351 e. The van der Waals surface area contributed by atoms with Gasteiger partial charge in [0.25, 0.3) is 0 Å². The van der Waals surface area contributed by atoms with Gasteiger partial charge >= 0.3 is 0 Å². The molecule has 0 fully saturated rings. The van der Waals surface area contributed by atoms with Crippen molar-refractivity contribution in [2.24, 2.45) is 0 Å². The van der Waals surface area contributed by atoms with Crippen molar-refractivity contribution in [3.63, 3.8) is 0 Å². The zero-order chi connectivity index (χ0) is 27.9. The quantitative estimate of drug-likeness (QED) is 0.193. The minimum Gasteiger partial charge on any atom is -0.351 e. The van der Waals surface area contributed by atoms with Crippen molar-refractivity contribution < 1.29 is 9.59 Å². The fourth-order valence-corrected chi connectivity index (χ4v) is 7.22. The van der Waals surface area contributed by atoms with Crippen LogP contribution in [0.5, 0.6) is 0 Å². The van der Waals surface area contributed by atoms with Crippen molar-refractivity contribution >= 4 is 67.7 Å². The van der Waals surface area contributed by atoms with E-state index in [9.17, 15) is 9.59 Å². The molecule has 4 bridgehead atoms. The summed E-state index contributed by atoms with van der Waals surface area (Å²) in [6.45, 7) is 7.65. The van der Waals surface area contributed by atoms with Gasteiger partial charge in [0.15, 0.2) is 0 Å². The standard InChI is InChI=1S/C34H34N2O2S2/c1-34(2,3)27-13-23-7-9-28-25-12-26(29-10-8-24(14-27)32(23)33(28)29)16-36-31(38)20-40-18-22-6-4-5-21(11-22)17-39-19-30(37)35-15-25/h4-14H,15-20H2,1-3H3,(H,35,37)(H,36,38). The third-order valence-corrected chi connectivity index (χ3v) is 9.71. The minimum atomic E-state index is 0.0354. The van der Waals surface area contributed by atoms with Gasteiger partial charge in [0.05, 0.1) is 11.5 Å². The summed E-state index contributed by atoms with van der Waals surface area (Å²) >= 11 is 3.26. The van der Waals surface area contributed by atoms with Crippen LogP contribution in [0.4, 0.5) is 0 Å². The summed E-state index contributed by atoms with van der Waals surface area (Å²) in [6.07, 6.45) is 0. The number of carbonyl (C=O) groups is 2. The van der Waals surface area contributed by atoms with Gasteiger partial charge < -0.3 is 10.6 Å². The molecule has 5 aromatic carbocycles. The maximum absolute atomic E-state index is 12.8. The molecule has 0 spiro atoms. The Bertz CT molecular complexity index is 1630. The van der Waals surface area contributed by atoms with E-state index in [2.05, 4.69) is 98.1 Å². The highest BCUT2D eigenvalue weighted by Crippen LogP contribution is 2.40. The number of thioether (sulfide) groups is 2. The number of hydrogen-bond donors (Lipinski definition) is 2. The second-order valence-electron chi connectivity index (χ2n) is 11.7. The highest BCUT2D eigenvalue weighted by molar-refractivity contribution is 7.99. The molecule has 0 saturated carbocycles. The number of hydrogen-bond acceptors (Lipinski definition) is 4. The molecule has 0 aliphatic carbocycles. The first kappa shape index (κ1) is 27.0. The van der Waals surface area contributed by atoms with E-state index >= 15 is 0 Å². The molecule has 1 aliphatic rings. The van der Waals surface area contributed by atoms with Crippen molar-refractivity contribution in [2.45, 2.75) is 50.8 Å². The van der Waals surface area contributed by atoms with Gasteiger partial charge in [-0.1, -0.05) is 87.5 Å². The minimum absolute atomic E-state index is 0.0354. The smallest absolute Gasteiger partial charge is 0.230 e. The van der Waals surface area contributed by atoms with Gasteiger partial charge in [-0.05, 0) is 65.5 Å². The lowest BCUT2D eigenvalue weighted by Gasteiger charge is -2.23. The Hall–Kier alpha value is -3.22. The third kappa shape index (κ3) is 5.52. The summed E-state index contributed by atoms with van der Waals surface area (Å²) in [7, 11) is 0. The highest BCUT2D eigenvalue weighted by atomic mass is 32.2. The van der Waals surface area contributed by atoms with Gasteiger partial charge in [-0.25, -0.2) is 0 Å². The molecule has 1 heterocycles. The van der Waals surface area contributed by atoms with E-state index < -0.39 is 0 Å². The molecular weight excluding hydrogens is 533 g/mol. The Morgan fingerprint density at radius 3 is 1.65 bits per heavy atom. The van der Waals surface area contributed by atoms with Crippen molar-refractivity contribution in [2.75, 3.05) is 11.5 Å². The van der Waals surface area contributed by atoms with E-state index in [4.69, 9.17) is 0 Å². The van der Waals surface area contributed by atoms with Crippen molar-refractivity contribution in [1.29, 1.82) is 0 Å². The fourth-order valence-electron chi connectivity index (χ4n) is 5.62. The van der Waals surface area contributed by atoms with E-state index in [0.717, 1.165) is 33.4 Å². The number of carbonyl (C=O) groups excluding carboxylic acids is 2. The van der Waals surface area contributed by atoms with E-state index in [1.807, 2.05) is 0 Å². The summed E-state index contributed by atoms with van der Waals surface area (Å²) in [5.41, 5.74) is 5.92. The van der Waals surface area contributed by atoms with E-state index in [-0.39, 0.29) is 17.2 Å². The van der Waals surface area contributed by atoms with Crippen LogP contribution < -0.4 is 10.6 Å². The van der Waals surface area contributed by atoms with E-state index in [0.29, 0.717) is 24.6 Å². The average Bonchev–Trinajstić information content (AvgIpc) is 2.93. The Labute approximate surface area is 244 Å². The summed E-state index contributed by atoms with van der Waals surface area (Å²) in [5.74, 6) is 2.48. The van der Waals surface area contributed by atoms with Gasteiger partial charge in [0.1, 0.15) is 0 Å². The molecule has 0 radical (unpaired) electrons. The van der Waals surface area contributed by atoms with Crippen molar-refractivity contribution in [1.82, 2.24) is 10.6 Å². The molecule has 0 atom stereocenters. The van der Waals surface area contributed by atoms with Crippen LogP contribution in [0.3, 0.4) is 0 Å². The van der Waals surface area contributed by atoms with Crippen LogP contribution in [0, 0.1) is 0 Å². The number of amides is 2. The molecule has 2 N–H and O–H groups in total. The van der Waals surface area contributed by atoms with E-state index in [1.165, 1.54) is 38.2 Å². The Kier molecular flexibility index (Phi) is 7.41. The van der Waals surface area contributed by atoms with Gasteiger partial charge in [-0.2, -0.15) is 0 Å². The van der Waals surface area contributed by atoms with Gasteiger partial charge in [0, 0.05) is 24.6 Å². The first-order valence-electron chi connectivity index (χ1n) is 13.8. The van der Waals surface area contributed by atoms with Gasteiger partial charge in [0.2, 0.25) is 11.8 Å². The predicted molar refractivity (Wildman–Crippen MR) is 171 cm³/mol. The predicted octanol–water partition coefficient (Wildman–Crippen LogP) is 7.29. The molecule has 6 rings (SSSR count). The highest BCUT2D eigenvalue weighted by Gasteiger charge is 2.19. The summed E-state index contributed by atoms with van der Waals surface area (Å²) < 4.78 is 0. The number of fused-ring (bicyclic) bond motifs is 6. The molecule has 2 amide bonds. The zero-order valence-electron chi connectivity index (χ0n) is 23.2. The van der Waals surface area contributed by atoms with Crippen molar-refractivity contribution in [3.8, 4) is 0 Å². The summed E-state index contributed by atoms with van der Waals surface area (Å²) in [4.78, 5) is 25.7. The lowest BCUT2D eigenvalue weighted by atomic mass is 9.82. The first-order chi connectivity index (χ1) is 19.3. The van der Waals surface area contributed by atoms with Crippen LogP contribution in [0.2, 0.25) is 0 Å². The van der Waals surface area contributed by atoms with Crippen LogP contribution in [0.25, 0.3) is 32.3 Å². The number of nitrogens with one attached hydrogen (secondary N) is 2. The lowest BCUT2D eigenvalue weighted by molar-refractivity contribution is -0.119. The summed E-state index contributed by atoms with van der Waals surface area (Å²) in [5, 5.41) is 13.5. The molecular formula is C34H34N2O2S2. The molecule has 6 heteroatoms. The normalized spacial score (nSPS) is 16.1. The van der Waals surface area contributed by atoms with Crippen LogP contribution >= 0.6 is 23.5 Å². The average molecular weight is 567 g/mol. The maximum Gasteiger partial charge on any atom is 0.230 e. The molecule has 0 aromatic heterocycles. The second-order valence-corrected chi connectivity index (χ2v) is 13.7. The first-order valence-corrected chi connectivity index (χ1v) is 16.1. The zero-order valence-corrected chi connectivity index (χ0v) is 24.9. The molecule has 0 unspecified atom stereocenters. The number of rotatable bonds is 0. The maximum atomic E-state index is 12.8. The molecule has 5 aromatic rings. The molecule has 40 heavy (non-hydrogen) atoms. The van der Waals surface area contributed by atoms with Crippen LogP contribution in [0.15, 0.2) is 66.7 Å². The lowest BCUT2D eigenvalue weighted by Crippen LogP contribution is -2.26. The molecule has 4 nitrogen and oxygen atoms in total. The van der Waals surface area contributed by atoms with Gasteiger partial charge in [-0.15, -0.1) is 23.5 Å².